The normalized spacial score (nSPS) is 10.9. The van der Waals surface area contributed by atoms with Gasteiger partial charge in [-0.05, 0) is 48.0 Å². The molecule has 0 aliphatic heterocycles. The number of hydrogen-bond donors (Lipinski definition) is 2. The van der Waals surface area contributed by atoms with Gasteiger partial charge in [-0.25, -0.2) is 0 Å². The van der Waals surface area contributed by atoms with Gasteiger partial charge in [0.25, 0.3) is 11.8 Å². The molecule has 3 rings (SSSR count). The van der Waals surface area contributed by atoms with Crippen molar-refractivity contribution in [2.45, 2.75) is 6.54 Å². The minimum absolute atomic E-state index is 0.0858. The molecule has 0 bridgehead atoms. The first kappa shape index (κ1) is 20.7. The van der Waals surface area contributed by atoms with E-state index in [4.69, 9.17) is 13.9 Å². The van der Waals surface area contributed by atoms with Crippen molar-refractivity contribution in [3.8, 4) is 11.5 Å². The molecule has 0 aliphatic rings. The van der Waals surface area contributed by atoms with Crippen LogP contribution in [0.2, 0.25) is 0 Å². The first-order valence-corrected chi connectivity index (χ1v) is 9.21. The zero-order valence-corrected chi connectivity index (χ0v) is 16.7. The quantitative estimate of drug-likeness (QED) is 0.560. The third kappa shape index (κ3) is 5.29. The summed E-state index contributed by atoms with van der Waals surface area (Å²) in [5.74, 6) is 0.826. The van der Waals surface area contributed by atoms with Crippen molar-refractivity contribution in [1.29, 1.82) is 0 Å². The lowest BCUT2D eigenvalue weighted by molar-refractivity contribution is -0.118. The third-order valence-electron chi connectivity index (χ3n) is 4.25. The molecule has 0 fully saturated rings. The molecule has 7 heteroatoms. The van der Waals surface area contributed by atoms with Crippen LogP contribution in [0.4, 0.5) is 0 Å². The first-order chi connectivity index (χ1) is 14.6. The maximum Gasteiger partial charge on any atom is 0.268 e. The fourth-order valence-corrected chi connectivity index (χ4v) is 2.73. The molecule has 1 heterocycles. The van der Waals surface area contributed by atoms with Gasteiger partial charge in [-0.1, -0.05) is 24.3 Å². The number of rotatable bonds is 8. The van der Waals surface area contributed by atoms with Crippen molar-refractivity contribution in [2.24, 2.45) is 0 Å². The molecule has 0 atom stereocenters. The molecular formula is C23H22N2O5. The number of methoxy groups -OCH3 is 2. The van der Waals surface area contributed by atoms with Crippen molar-refractivity contribution in [3.05, 3.63) is 89.5 Å². The summed E-state index contributed by atoms with van der Waals surface area (Å²) in [5.41, 5.74) is 1.18. The molecule has 7 nitrogen and oxygen atoms in total. The predicted octanol–water partition coefficient (Wildman–Crippen LogP) is 3.38. The van der Waals surface area contributed by atoms with E-state index in [0.29, 0.717) is 28.4 Å². The molecule has 0 aliphatic carbocycles. The second-order valence-corrected chi connectivity index (χ2v) is 6.25. The van der Waals surface area contributed by atoms with Crippen molar-refractivity contribution >= 4 is 17.9 Å². The lowest BCUT2D eigenvalue weighted by Gasteiger charge is -2.12. The second kappa shape index (κ2) is 9.97. The van der Waals surface area contributed by atoms with Crippen molar-refractivity contribution in [1.82, 2.24) is 10.6 Å². The summed E-state index contributed by atoms with van der Waals surface area (Å²) in [6.07, 6.45) is 3.10. The van der Waals surface area contributed by atoms with E-state index >= 15 is 0 Å². The fourth-order valence-electron chi connectivity index (χ4n) is 2.73. The summed E-state index contributed by atoms with van der Waals surface area (Å²) in [7, 11) is 3.07. The number of nitrogens with one attached hydrogen (secondary N) is 2. The maximum atomic E-state index is 12.8. The smallest absolute Gasteiger partial charge is 0.268 e. The molecule has 0 radical (unpaired) electrons. The lowest BCUT2D eigenvalue weighted by Crippen LogP contribution is -2.34. The Morgan fingerprint density at radius 3 is 2.40 bits per heavy atom. The lowest BCUT2D eigenvalue weighted by atomic mass is 10.1. The average Bonchev–Trinajstić information content (AvgIpc) is 3.31. The Kier molecular flexibility index (Phi) is 6.89. The van der Waals surface area contributed by atoms with Gasteiger partial charge in [0.15, 0.2) is 11.5 Å². The molecule has 2 amide bonds. The molecule has 30 heavy (non-hydrogen) atoms. The molecule has 0 saturated carbocycles. The Balaban J connectivity index is 1.86. The van der Waals surface area contributed by atoms with E-state index in [1.165, 1.54) is 13.4 Å². The topological polar surface area (TPSA) is 89.8 Å². The van der Waals surface area contributed by atoms with Crippen molar-refractivity contribution < 1.29 is 23.5 Å². The van der Waals surface area contributed by atoms with Crippen molar-refractivity contribution in [3.63, 3.8) is 0 Å². The highest BCUT2D eigenvalue weighted by Gasteiger charge is 2.15. The number of carbonyl (C=O) groups is 2. The molecule has 0 unspecified atom stereocenters. The second-order valence-electron chi connectivity index (χ2n) is 6.25. The van der Waals surface area contributed by atoms with E-state index < -0.39 is 11.8 Å². The van der Waals surface area contributed by atoms with Crippen LogP contribution in [0, 0.1) is 0 Å². The van der Waals surface area contributed by atoms with Crippen LogP contribution < -0.4 is 20.1 Å². The largest absolute Gasteiger partial charge is 0.493 e. The molecule has 0 saturated heterocycles. The molecule has 154 valence electrons. The van der Waals surface area contributed by atoms with Crippen LogP contribution in [0.15, 0.2) is 77.0 Å². The molecule has 3 aromatic rings. The summed E-state index contributed by atoms with van der Waals surface area (Å²) < 4.78 is 15.8. The maximum absolute atomic E-state index is 12.8. The van der Waals surface area contributed by atoms with E-state index in [1.807, 2.05) is 6.07 Å². The molecular weight excluding hydrogens is 384 g/mol. The van der Waals surface area contributed by atoms with Crippen LogP contribution in [0.3, 0.4) is 0 Å². The van der Waals surface area contributed by atoms with Gasteiger partial charge < -0.3 is 24.5 Å². The van der Waals surface area contributed by atoms with E-state index in [1.54, 1.807) is 67.8 Å². The highest BCUT2D eigenvalue weighted by atomic mass is 16.5. The van der Waals surface area contributed by atoms with Gasteiger partial charge in [0.05, 0.1) is 27.0 Å². The Labute approximate surface area is 174 Å². The standard InChI is InChI=1S/C23H22N2O5/c1-28-20-11-10-16(14-21(20)29-2)13-19(23(27)24-15-18-9-6-12-30-18)25-22(26)17-7-4-3-5-8-17/h3-14H,15H2,1-2H3,(H,24,27)(H,25,26). The number of hydrogen-bond acceptors (Lipinski definition) is 5. The van der Waals surface area contributed by atoms with E-state index in [-0.39, 0.29) is 12.2 Å². The number of amides is 2. The average molecular weight is 406 g/mol. The highest BCUT2D eigenvalue weighted by Crippen LogP contribution is 2.28. The molecule has 1 aromatic heterocycles. The van der Waals surface area contributed by atoms with Crippen LogP contribution in [0.25, 0.3) is 6.08 Å². The van der Waals surface area contributed by atoms with E-state index in [2.05, 4.69) is 10.6 Å². The van der Waals surface area contributed by atoms with Crippen LogP contribution in [0.5, 0.6) is 11.5 Å². The fraction of sp³-hybridized carbons (Fsp3) is 0.130. The van der Waals surface area contributed by atoms with Crippen LogP contribution in [-0.2, 0) is 11.3 Å². The molecule has 0 spiro atoms. The predicted molar refractivity (Wildman–Crippen MR) is 112 cm³/mol. The summed E-state index contributed by atoms with van der Waals surface area (Å²) in [6.45, 7) is 0.191. The number of benzene rings is 2. The van der Waals surface area contributed by atoms with Crippen LogP contribution in [-0.4, -0.2) is 26.0 Å². The summed E-state index contributed by atoms with van der Waals surface area (Å²) in [4.78, 5) is 25.4. The van der Waals surface area contributed by atoms with Gasteiger partial charge in [0.1, 0.15) is 11.5 Å². The van der Waals surface area contributed by atoms with Crippen LogP contribution >= 0.6 is 0 Å². The monoisotopic (exact) mass is 406 g/mol. The number of carbonyl (C=O) groups excluding carboxylic acids is 2. The molecule has 2 N–H and O–H groups in total. The SMILES string of the molecule is COc1ccc(C=C(NC(=O)c2ccccc2)C(=O)NCc2ccco2)cc1OC. The Morgan fingerprint density at radius 1 is 0.967 bits per heavy atom. The summed E-state index contributed by atoms with van der Waals surface area (Å²) in [5, 5.41) is 5.43. The minimum Gasteiger partial charge on any atom is -0.493 e. The van der Waals surface area contributed by atoms with Gasteiger partial charge in [0, 0.05) is 5.56 Å². The molecule has 2 aromatic carbocycles. The zero-order valence-electron chi connectivity index (χ0n) is 16.7. The summed E-state index contributed by atoms with van der Waals surface area (Å²) >= 11 is 0. The Bertz CT molecular complexity index is 1030. The third-order valence-corrected chi connectivity index (χ3v) is 4.25. The van der Waals surface area contributed by atoms with Gasteiger partial charge >= 0.3 is 0 Å². The first-order valence-electron chi connectivity index (χ1n) is 9.21. The van der Waals surface area contributed by atoms with Gasteiger partial charge in [-0.15, -0.1) is 0 Å². The van der Waals surface area contributed by atoms with Crippen molar-refractivity contribution in [2.75, 3.05) is 14.2 Å². The Hall–Kier alpha value is -4.00. The highest BCUT2D eigenvalue weighted by molar-refractivity contribution is 6.05. The minimum atomic E-state index is -0.453. The van der Waals surface area contributed by atoms with Gasteiger partial charge in [0.2, 0.25) is 0 Å². The van der Waals surface area contributed by atoms with Crippen LogP contribution in [0.1, 0.15) is 21.7 Å². The van der Waals surface area contributed by atoms with E-state index in [0.717, 1.165) is 0 Å². The number of ether oxygens (including phenoxy) is 2. The van der Waals surface area contributed by atoms with Gasteiger partial charge in [-0.2, -0.15) is 0 Å². The zero-order chi connectivity index (χ0) is 21.3. The summed E-state index contributed by atoms with van der Waals surface area (Å²) in [6, 6.07) is 17.3. The van der Waals surface area contributed by atoms with Gasteiger partial charge in [-0.3, -0.25) is 9.59 Å². The Morgan fingerprint density at radius 2 is 1.73 bits per heavy atom. The number of furan rings is 1. The van der Waals surface area contributed by atoms with E-state index in [9.17, 15) is 9.59 Å².